The van der Waals surface area contributed by atoms with E-state index in [4.69, 9.17) is 9.97 Å². The minimum atomic E-state index is -0.121. The SMILES string of the molecule is CC1(C)c2ccccc2-c2cccc(-c3ccc(-c4ccc(-c5cc(-c6cc(-c7ccccc7)cc(-c7ccccc7)c6)nc(-c6ccccc6)n5)c5ccccc45)c4ccccc34)c21. The smallest absolute Gasteiger partial charge is 0.160 e. The minimum Gasteiger partial charge on any atom is -0.228 e. The Bertz CT molecular complexity index is 3550. The topological polar surface area (TPSA) is 25.8 Å². The van der Waals surface area contributed by atoms with Gasteiger partial charge in [-0.3, -0.25) is 0 Å². The van der Waals surface area contributed by atoms with Crippen LogP contribution in [0.5, 0.6) is 0 Å². The summed E-state index contributed by atoms with van der Waals surface area (Å²) in [6.07, 6.45) is 0. The van der Waals surface area contributed by atoms with Gasteiger partial charge in [-0.15, -0.1) is 0 Å². The van der Waals surface area contributed by atoms with Gasteiger partial charge in [0, 0.05) is 22.1 Å². The average molecular weight is 829 g/mol. The third kappa shape index (κ3) is 6.57. The second kappa shape index (κ2) is 15.6. The molecule has 0 spiro atoms. The summed E-state index contributed by atoms with van der Waals surface area (Å²) >= 11 is 0. The quantitative estimate of drug-likeness (QED) is 0.160. The normalized spacial score (nSPS) is 12.6. The van der Waals surface area contributed by atoms with Crippen LogP contribution in [0.25, 0.3) is 111 Å². The van der Waals surface area contributed by atoms with Gasteiger partial charge in [0.2, 0.25) is 0 Å². The van der Waals surface area contributed by atoms with Gasteiger partial charge in [0.25, 0.3) is 0 Å². The number of aromatic nitrogens is 2. The molecule has 11 aromatic rings. The van der Waals surface area contributed by atoms with E-state index in [0.29, 0.717) is 5.82 Å². The van der Waals surface area contributed by atoms with Gasteiger partial charge in [0.1, 0.15) is 0 Å². The fraction of sp³-hybridized carbons (Fsp3) is 0.0476. The maximum atomic E-state index is 5.35. The Morgan fingerprint density at radius 1 is 0.277 bits per heavy atom. The first-order valence-electron chi connectivity index (χ1n) is 22.5. The lowest BCUT2D eigenvalue weighted by Gasteiger charge is -2.25. The van der Waals surface area contributed by atoms with Crippen molar-refractivity contribution in [1.29, 1.82) is 0 Å². The predicted molar refractivity (Wildman–Crippen MR) is 273 cm³/mol. The lowest BCUT2D eigenvalue weighted by molar-refractivity contribution is 0.662. The van der Waals surface area contributed by atoms with Crippen LogP contribution in [0.3, 0.4) is 0 Å². The van der Waals surface area contributed by atoms with E-state index in [1.54, 1.807) is 0 Å². The van der Waals surface area contributed by atoms with E-state index in [1.165, 1.54) is 60.7 Å². The number of fused-ring (bicyclic) bond motifs is 5. The molecule has 0 saturated heterocycles. The Morgan fingerprint density at radius 3 is 1.25 bits per heavy atom. The second-order valence-electron chi connectivity index (χ2n) is 17.7. The van der Waals surface area contributed by atoms with Crippen molar-refractivity contribution in [1.82, 2.24) is 9.97 Å². The van der Waals surface area contributed by atoms with E-state index in [-0.39, 0.29) is 5.41 Å². The Kier molecular flexibility index (Phi) is 9.21. The van der Waals surface area contributed by atoms with E-state index >= 15 is 0 Å². The van der Waals surface area contributed by atoms with E-state index < -0.39 is 0 Å². The zero-order valence-corrected chi connectivity index (χ0v) is 36.3. The van der Waals surface area contributed by atoms with Crippen LogP contribution >= 0.6 is 0 Å². The molecular formula is C63H44N2. The summed E-state index contributed by atoms with van der Waals surface area (Å²) < 4.78 is 0. The van der Waals surface area contributed by atoms with Crippen LogP contribution in [0.1, 0.15) is 25.0 Å². The Balaban J connectivity index is 1.03. The largest absolute Gasteiger partial charge is 0.228 e. The van der Waals surface area contributed by atoms with E-state index in [2.05, 4.69) is 238 Å². The molecule has 0 radical (unpaired) electrons. The molecule has 0 amide bonds. The zero-order valence-electron chi connectivity index (χ0n) is 36.3. The highest BCUT2D eigenvalue weighted by molar-refractivity contribution is 6.12. The lowest BCUT2D eigenvalue weighted by atomic mass is 9.78. The third-order valence-electron chi connectivity index (χ3n) is 13.5. The lowest BCUT2D eigenvalue weighted by Crippen LogP contribution is -2.16. The summed E-state index contributed by atoms with van der Waals surface area (Å²) in [5.74, 6) is 0.692. The molecule has 2 heteroatoms. The molecule has 1 heterocycles. The standard InChI is InChI=1S/C63H44N2/c1-63(2)58-32-17-16-29-54(58)57-31-18-30-56(61(57)63)53-34-33-51(47-25-12-13-26-48(47)53)52-35-36-55(50-28-15-14-27-49(50)52)60-40-59(64-62(65-60)43-23-10-5-11-24-43)46-38-44(41-19-6-3-7-20-41)37-45(39-46)42-21-8-4-9-22-42/h3-40H,1-2H3. The van der Waals surface area contributed by atoms with Crippen molar-refractivity contribution >= 4 is 21.5 Å². The average Bonchev–Trinajstić information content (AvgIpc) is 3.62. The van der Waals surface area contributed by atoms with Gasteiger partial charge in [-0.25, -0.2) is 9.97 Å². The van der Waals surface area contributed by atoms with Crippen LogP contribution < -0.4 is 0 Å². The number of rotatable bonds is 7. The van der Waals surface area contributed by atoms with Gasteiger partial charge < -0.3 is 0 Å². The first-order valence-corrected chi connectivity index (χ1v) is 22.5. The van der Waals surface area contributed by atoms with Gasteiger partial charge in [0.15, 0.2) is 5.82 Å². The summed E-state index contributed by atoms with van der Waals surface area (Å²) in [7, 11) is 0. The van der Waals surface area contributed by atoms with Crippen LogP contribution in [-0.2, 0) is 5.41 Å². The van der Waals surface area contributed by atoms with Crippen molar-refractivity contribution in [3.8, 4) is 89.5 Å². The molecule has 1 aromatic heterocycles. The molecule has 0 fully saturated rings. The van der Waals surface area contributed by atoms with Crippen molar-refractivity contribution in [2.45, 2.75) is 19.3 Å². The number of benzene rings is 10. The summed E-state index contributed by atoms with van der Waals surface area (Å²) in [6, 6.07) is 83.3. The first kappa shape index (κ1) is 38.5. The molecule has 12 rings (SSSR count). The number of hydrogen-bond donors (Lipinski definition) is 0. The van der Waals surface area contributed by atoms with Crippen molar-refractivity contribution in [2.24, 2.45) is 0 Å². The Morgan fingerprint density at radius 2 is 0.677 bits per heavy atom. The van der Waals surface area contributed by atoms with Gasteiger partial charge in [-0.1, -0.05) is 220 Å². The fourth-order valence-electron chi connectivity index (χ4n) is 10.4. The van der Waals surface area contributed by atoms with Gasteiger partial charge in [-0.2, -0.15) is 0 Å². The monoisotopic (exact) mass is 828 g/mol. The van der Waals surface area contributed by atoms with Gasteiger partial charge >= 0.3 is 0 Å². The summed E-state index contributed by atoms with van der Waals surface area (Å²) in [4.78, 5) is 10.7. The van der Waals surface area contributed by atoms with Crippen LogP contribution in [0.2, 0.25) is 0 Å². The maximum Gasteiger partial charge on any atom is 0.160 e. The first-order chi connectivity index (χ1) is 32.0. The van der Waals surface area contributed by atoms with Crippen LogP contribution in [-0.4, -0.2) is 9.97 Å². The van der Waals surface area contributed by atoms with Crippen LogP contribution in [0.15, 0.2) is 231 Å². The highest BCUT2D eigenvalue weighted by Crippen LogP contribution is 2.53. The summed E-state index contributed by atoms with van der Waals surface area (Å²) in [6.45, 7) is 4.75. The van der Waals surface area contributed by atoms with Gasteiger partial charge in [0.05, 0.1) is 11.4 Å². The number of nitrogens with zero attached hydrogens (tertiary/aromatic N) is 2. The molecule has 2 nitrogen and oxygen atoms in total. The highest BCUT2D eigenvalue weighted by atomic mass is 14.9. The molecule has 10 aromatic carbocycles. The molecule has 0 unspecified atom stereocenters. The van der Waals surface area contributed by atoms with Gasteiger partial charge in [-0.05, 0) is 113 Å². The minimum absolute atomic E-state index is 0.121. The molecule has 0 N–H and O–H groups in total. The van der Waals surface area contributed by atoms with E-state index in [0.717, 1.165) is 55.7 Å². The number of hydrogen-bond acceptors (Lipinski definition) is 2. The molecular weight excluding hydrogens is 785 g/mol. The highest BCUT2D eigenvalue weighted by Gasteiger charge is 2.37. The summed E-state index contributed by atoms with van der Waals surface area (Å²) in [5.41, 5.74) is 19.7. The molecule has 0 bridgehead atoms. The van der Waals surface area contributed by atoms with Crippen molar-refractivity contribution < 1.29 is 0 Å². The Hall–Kier alpha value is -8.20. The molecule has 0 atom stereocenters. The van der Waals surface area contributed by atoms with E-state index in [9.17, 15) is 0 Å². The van der Waals surface area contributed by atoms with Crippen LogP contribution in [0, 0.1) is 0 Å². The third-order valence-corrected chi connectivity index (χ3v) is 13.5. The Labute approximate surface area is 380 Å². The molecule has 1 aliphatic rings. The van der Waals surface area contributed by atoms with Crippen molar-refractivity contribution in [3.05, 3.63) is 242 Å². The molecule has 306 valence electrons. The second-order valence-corrected chi connectivity index (χ2v) is 17.7. The fourth-order valence-corrected chi connectivity index (χ4v) is 10.4. The molecule has 0 saturated carbocycles. The van der Waals surface area contributed by atoms with E-state index in [1.807, 2.05) is 6.07 Å². The molecule has 0 aliphatic heterocycles. The van der Waals surface area contributed by atoms with Crippen molar-refractivity contribution in [2.75, 3.05) is 0 Å². The van der Waals surface area contributed by atoms with Crippen molar-refractivity contribution in [3.63, 3.8) is 0 Å². The van der Waals surface area contributed by atoms with Crippen LogP contribution in [0.4, 0.5) is 0 Å². The zero-order chi connectivity index (χ0) is 43.5. The summed E-state index contributed by atoms with van der Waals surface area (Å²) in [5, 5.41) is 4.81. The predicted octanol–water partition coefficient (Wildman–Crippen LogP) is 16.8. The molecule has 1 aliphatic carbocycles. The maximum absolute atomic E-state index is 5.35. The molecule has 65 heavy (non-hydrogen) atoms.